The van der Waals surface area contributed by atoms with E-state index in [1.165, 1.54) is 0 Å². The van der Waals surface area contributed by atoms with Crippen LogP contribution in [-0.2, 0) is 17.8 Å². The SMILES string of the molecule is CCc1ccc(CN(C)CC(C)C(=O)O)o1. The standard InChI is InChI=1S/C12H19NO3/c1-4-10-5-6-11(16-10)8-13(3)7-9(2)12(14)15/h5-6,9H,4,7-8H2,1-3H3,(H,14,15). The molecule has 1 atom stereocenters. The van der Waals surface area contributed by atoms with Crippen molar-refractivity contribution < 1.29 is 14.3 Å². The van der Waals surface area contributed by atoms with Gasteiger partial charge in [-0.3, -0.25) is 9.69 Å². The van der Waals surface area contributed by atoms with E-state index in [0.717, 1.165) is 17.9 Å². The van der Waals surface area contributed by atoms with Gasteiger partial charge in [-0.05, 0) is 19.2 Å². The van der Waals surface area contributed by atoms with Crippen molar-refractivity contribution in [2.24, 2.45) is 5.92 Å². The number of hydrogen-bond donors (Lipinski definition) is 1. The largest absolute Gasteiger partial charge is 0.481 e. The average molecular weight is 225 g/mol. The van der Waals surface area contributed by atoms with E-state index in [9.17, 15) is 4.79 Å². The fourth-order valence-corrected chi connectivity index (χ4v) is 1.57. The summed E-state index contributed by atoms with van der Waals surface area (Å²) in [5, 5.41) is 8.79. The monoisotopic (exact) mass is 225 g/mol. The third-order valence-corrected chi connectivity index (χ3v) is 2.50. The zero-order valence-corrected chi connectivity index (χ0v) is 10.1. The van der Waals surface area contributed by atoms with E-state index in [-0.39, 0.29) is 5.92 Å². The van der Waals surface area contributed by atoms with Crippen LogP contribution in [0.4, 0.5) is 0 Å². The molecular weight excluding hydrogens is 206 g/mol. The Bertz CT molecular complexity index is 346. The molecule has 1 unspecified atom stereocenters. The van der Waals surface area contributed by atoms with Crippen molar-refractivity contribution in [3.8, 4) is 0 Å². The summed E-state index contributed by atoms with van der Waals surface area (Å²) < 4.78 is 5.56. The summed E-state index contributed by atoms with van der Waals surface area (Å²) in [5.74, 6) is 0.734. The molecule has 4 nitrogen and oxygen atoms in total. The van der Waals surface area contributed by atoms with Crippen molar-refractivity contribution in [2.75, 3.05) is 13.6 Å². The maximum absolute atomic E-state index is 10.7. The first-order valence-corrected chi connectivity index (χ1v) is 5.51. The molecule has 1 aromatic rings. The fraction of sp³-hybridized carbons (Fsp3) is 0.583. The Balaban J connectivity index is 2.44. The molecule has 1 rings (SSSR count). The van der Waals surface area contributed by atoms with E-state index >= 15 is 0 Å². The van der Waals surface area contributed by atoms with E-state index in [1.54, 1.807) is 6.92 Å². The third kappa shape index (κ3) is 3.70. The van der Waals surface area contributed by atoms with Crippen LogP contribution in [-0.4, -0.2) is 29.6 Å². The Morgan fingerprint density at radius 1 is 1.50 bits per heavy atom. The highest BCUT2D eigenvalue weighted by Gasteiger charge is 2.14. The molecule has 0 aliphatic heterocycles. The van der Waals surface area contributed by atoms with Gasteiger partial charge in [0.2, 0.25) is 0 Å². The fourth-order valence-electron chi connectivity index (χ4n) is 1.57. The van der Waals surface area contributed by atoms with Gasteiger partial charge in [0.25, 0.3) is 0 Å². The first-order chi connectivity index (χ1) is 7.52. The molecule has 0 saturated heterocycles. The van der Waals surface area contributed by atoms with E-state index in [1.807, 2.05) is 31.0 Å². The normalized spacial score (nSPS) is 13.0. The van der Waals surface area contributed by atoms with Crippen molar-refractivity contribution in [3.63, 3.8) is 0 Å². The topological polar surface area (TPSA) is 53.7 Å². The summed E-state index contributed by atoms with van der Waals surface area (Å²) in [6.07, 6.45) is 0.884. The van der Waals surface area contributed by atoms with E-state index in [0.29, 0.717) is 13.1 Å². The number of aliphatic carboxylic acids is 1. The minimum absolute atomic E-state index is 0.356. The zero-order valence-electron chi connectivity index (χ0n) is 10.1. The van der Waals surface area contributed by atoms with Gasteiger partial charge < -0.3 is 9.52 Å². The maximum atomic E-state index is 10.7. The molecule has 1 N–H and O–H groups in total. The van der Waals surface area contributed by atoms with Crippen LogP contribution in [0.1, 0.15) is 25.4 Å². The number of aryl methyl sites for hydroxylation is 1. The van der Waals surface area contributed by atoms with Gasteiger partial charge in [-0.15, -0.1) is 0 Å². The van der Waals surface area contributed by atoms with Crippen LogP contribution in [0, 0.1) is 5.92 Å². The van der Waals surface area contributed by atoms with E-state index in [4.69, 9.17) is 9.52 Å². The smallest absolute Gasteiger partial charge is 0.307 e. The lowest BCUT2D eigenvalue weighted by atomic mass is 10.2. The second-order valence-corrected chi connectivity index (χ2v) is 4.16. The van der Waals surface area contributed by atoms with Crippen LogP contribution in [0.25, 0.3) is 0 Å². The van der Waals surface area contributed by atoms with Gasteiger partial charge in [-0.1, -0.05) is 13.8 Å². The predicted octanol–water partition coefficient (Wildman–Crippen LogP) is 1.99. The molecule has 0 amide bonds. The molecule has 1 heterocycles. The molecule has 0 aliphatic carbocycles. The summed E-state index contributed by atoms with van der Waals surface area (Å²) in [4.78, 5) is 12.6. The van der Waals surface area contributed by atoms with Gasteiger partial charge in [-0.25, -0.2) is 0 Å². The number of hydrogen-bond acceptors (Lipinski definition) is 3. The van der Waals surface area contributed by atoms with Crippen LogP contribution in [0.3, 0.4) is 0 Å². The van der Waals surface area contributed by atoms with Gasteiger partial charge in [0.05, 0.1) is 12.5 Å². The summed E-state index contributed by atoms with van der Waals surface area (Å²) >= 11 is 0. The minimum atomic E-state index is -0.763. The van der Waals surface area contributed by atoms with Gasteiger partial charge in [-0.2, -0.15) is 0 Å². The Labute approximate surface area is 95.9 Å². The number of nitrogens with zero attached hydrogens (tertiary/aromatic N) is 1. The number of carbonyl (C=O) groups is 1. The lowest BCUT2D eigenvalue weighted by Crippen LogP contribution is -2.28. The Morgan fingerprint density at radius 3 is 2.62 bits per heavy atom. The number of rotatable bonds is 6. The zero-order chi connectivity index (χ0) is 12.1. The molecule has 0 fully saturated rings. The first kappa shape index (κ1) is 12.8. The molecule has 0 aliphatic rings. The maximum Gasteiger partial charge on any atom is 0.307 e. The number of carboxylic acid groups (broad SMARTS) is 1. The van der Waals surface area contributed by atoms with Crippen molar-refractivity contribution in [3.05, 3.63) is 23.7 Å². The van der Waals surface area contributed by atoms with Crippen molar-refractivity contribution in [1.82, 2.24) is 4.90 Å². The van der Waals surface area contributed by atoms with E-state index in [2.05, 4.69) is 0 Å². The van der Waals surface area contributed by atoms with Gasteiger partial charge in [0, 0.05) is 13.0 Å². The second-order valence-electron chi connectivity index (χ2n) is 4.16. The number of carboxylic acids is 1. The van der Waals surface area contributed by atoms with Gasteiger partial charge >= 0.3 is 5.97 Å². The Morgan fingerprint density at radius 2 is 2.12 bits per heavy atom. The highest BCUT2D eigenvalue weighted by molar-refractivity contribution is 5.69. The molecular formula is C12H19NO3. The third-order valence-electron chi connectivity index (χ3n) is 2.50. The molecule has 0 bridgehead atoms. The summed E-state index contributed by atoms with van der Waals surface area (Å²) in [7, 11) is 1.90. The lowest BCUT2D eigenvalue weighted by Gasteiger charge is -2.17. The van der Waals surface area contributed by atoms with Crippen LogP contribution < -0.4 is 0 Å². The summed E-state index contributed by atoms with van der Waals surface area (Å²) in [5.41, 5.74) is 0. The quantitative estimate of drug-likeness (QED) is 0.804. The molecule has 90 valence electrons. The van der Waals surface area contributed by atoms with Crippen LogP contribution in [0.2, 0.25) is 0 Å². The molecule has 0 spiro atoms. The van der Waals surface area contributed by atoms with E-state index < -0.39 is 5.97 Å². The number of furan rings is 1. The van der Waals surface area contributed by atoms with Crippen LogP contribution in [0.15, 0.2) is 16.5 Å². The van der Waals surface area contributed by atoms with Gasteiger partial charge in [0.15, 0.2) is 0 Å². The van der Waals surface area contributed by atoms with Crippen molar-refractivity contribution in [1.29, 1.82) is 0 Å². The summed E-state index contributed by atoms with van der Waals surface area (Å²) in [6, 6.07) is 3.91. The van der Waals surface area contributed by atoms with Crippen molar-refractivity contribution in [2.45, 2.75) is 26.8 Å². The van der Waals surface area contributed by atoms with Crippen LogP contribution >= 0.6 is 0 Å². The second kappa shape index (κ2) is 5.70. The highest BCUT2D eigenvalue weighted by atomic mass is 16.4. The molecule has 0 radical (unpaired) electrons. The average Bonchev–Trinajstić information content (AvgIpc) is 2.65. The van der Waals surface area contributed by atoms with Gasteiger partial charge in [0.1, 0.15) is 11.5 Å². The molecule has 1 aromatic heterocycles. The Kier molecular flexibility index (Phi) is 4.55. The highest BCUT2D eigenvalue weighted by Crippen LogP contribution is 2.11. The van der Waals surface area contributed by atoms with Crippen molar-refractivity contribution >= 4 is 5.97 Å². The lowest BCUT2D eigenvalue weighted by molar-refractivity contribution is -0.141. The Hall–Kier alpha value is -1.29. The molecule has 0 saturated carbocycles. The van der Waals surface area contributed by atoms with Crippen LogP contribution in [0.5, 0.6) is 0 Å². The molecule has 16 heavy (non-hydrogen) atoms. The molecule has 0 aromatic carbocycles. The minimum Gasteiger partial charge on any atom is -0.481 e. The predicted molar refractivity (Wildman–Crippen MR) is 61.2 cm³/mol. The molecule has 4 heteroatoms. The first-order valence-electron chi connectivity index (χ1n) is 5.51. The summed E-state index contributed by atoms with van der Waals surface area (Å²) in [6.45, 7) is 4.92.